The minimum atomic E-state index is -0.258. The second kappa shape index (κ2) is 13.1. The SMILES string of the molecule is C=CC.CC(c1ccccc1)c1ccc2c(c1)C1(c3ccccc3-c3ccccc31)c1ccccc1-2.N/N=C(\N)c1ccccc1. The predicted octanol–water partition coefficient (Wildman–Crippen LogP) is 9.64. The third-order valence-electron chi connectivity index (χ3n) is 9.03. The summed E-state index contributed by atoms with van der Waals surface area (Å²) < 4.78 is 0. The van der Waals surface area contributed by atoms with Crippen LogP contribution in [0.4, 0.5) is 0 Å². The van der Waals surface area contributed by atoms with E-state index in [0.29, 0.717) is 11.8 Å². The highest BCUT2D eigenvalue weighted by atomic mass is 15.1. The molecule has 226 valence electrons. The van der Waals surface area contributed by atoms with Gasteiger partial charge < -0.3 is 11.6 Å². The van der Waals surface area contributed by atoms with E-state index in [1.54, 1.807) is 6.08 Å². The van der Waals surface area contributed by atoms with Crippen LogP contribution in [0, 0.1) is 0 Å². The van der Waals surface area contributed by atoms with Crippen molar-refractivity contribution in [1.82, 2.24) is 0 Å². The van der Waals surface area contributed by atoms with Crippen molar-refractivity contribution in [3.8, 4) is 22.3 Å². The van der Waals surface area contributed by atoms with Crippen LogP contribution in [0.2, 0.25) is 0 Å². The van der Waals surface area contributed by atoms with Gasteiger partial charge in [-0.1, -0.05) is 165 Å². The number of hydrazone groups is 1. The number of fused-ring (bicyclic) bond motifs is 10. The first kappa shape index (κ1) is 30.4. The maximum atomic E-state index is 5.42. The monoisotopic (exact) mass is 597 g/mol. The molecule has 3 nitrogen and oxygen atoms in total. The summed E-state index contributed by atoms with van der Waals surface area (Å²) in [6, 6.07) is 54.4. The summed E-state index contributed by atoms with van der Waals surface area (Å²) in [5.74, 6) is 5.67. The van der Waals surface area contributed by atoms with Crippen LogP contribution in [0.5, 0.6) is 0 Å². The summed E-state index contributed by atoms with van der Waals surface area (Å²) in [4.78, 5) is 0. The fourth-order valence-electron chi connectivity index (χ4n) is 7.00. The van der Waals surface area contributed by atoms with Gasteiger partial charge in [-0.25, -0.2) is 0 Å². The fraction of sp³-hybridized carbons (Fsp3) is 0.0930. The zero-order valence-electron chi connectivity index (χ0n) is 26.4. The molecule has 3 heteroatoms. The Morgan fingerprint density at radius 2 is 1.00 bits per heavy atom. The Kier molecular flexibility index (Phi) is 8.67. The number of amidine groups is 1. The molecule has 0 aliphatic heterocycles. The molecule has 6 aromatic carbocycles. The number of hydrogen-bond donors (Lipinski definition) is 2. The number of benzene rings is 6. The molecule has 0 saturated carbocycles. The lowest BCUT2D eigenvalue weighted by Crippen LogP contribution is -2.26. The average Bonchev–Trinajstić information content (AvgIpc) is 3.59. The van der Waals surface area contributed by atoms with Gasteiger partial charge in [0, 0.05) is 11.5 Å². The number of allylic oxidation sites excluding steroid dienone is 1. The van der Waals surface area contributed by atoms with Gasteiger partial charge in [0.05, 0.1) is 5.41 Å². The van der Waals surface area contributed by atoms with Crippen molar-refractivity contribution in [2.45, 2.75) is 25.2 Å². The van der Waals surface area contributed by atoms with Crippen molar-refractivity contribution in [3.05, 3.63) is 203 Å². The first-order valence-electron chi connectivity index (χ1n) is 15.7. The van der Waals surface area contributed by atoms with Gasteiger partial charge in [0.15, 0.2) is 0 Å². The quantitative estimate of drug-likeness (QED) is 0.0700. The second-order valence-corrected chi connectivity index (χ2v) is 11.6. The topological polar surface area (TPSA) is 64.4 Å². The predicted molar refractivity (Wildman–Crippen MR) is 194 cm³/mol. The molecular formula is C43H39N3. The average molecular weight is 598 g/mol. The van der Waals surface area contributed by atoms with E-state index in [1.165, 1.54) is 55.6 Å². The zero-order valence-corrected chi connectivity index (χ0v) is 26.4. The Balaban J connectivity index is 0.000000242. The van der Waals surface area contributed by atoms with E-state index in [9.17, 15) is 0 Å². The van der Waals surface area contributed by atoms with Crippen molar-refractivity contribution in [2.75, 3.05) is 0 Å². The lowest BCUT2D eigenvalue weighted by Gasteiger charge is -2.31. The van der Waals surface area contributed by atoms with Crippen LogP contribution in [-0.2, 0) is 5.41 Å². The fourth-order valence-corrected chi connectivity index (χ4v) is 7.00. The second-order valence-electron chi connectivity index (χ2n) is 11.6. The third-order valence-corrected chi connectivity index (χ3v) is 9.03. The van der Waals surface area contributed by atoms with E-state index in [4.69, 9.17) is 11.6 Å². The Bertz CT molecular complexity index is 1940. The van der Waals surface area contributed by atoms with Gasteiger partial charge in [0.2, 0.25) is 0 Å². The largest absolute Gasteiger partial charge is 0.382 e. The minimum Gasteiger partial charge on any atom is -0.382 e. The van der Waals surface area contributed by atoms with E-state index in [1.807, 2.05) is 37.3 Å². The first-order chi connectivity index (χ1) is 22.6. The summed E-state index contributed by atoms with van der Waals surface area (Å²) >= 11 is 0. The third kappa shape index (κ3) is 5.10. The van der Waals surface area contributed by atoms with Crippen molar-refractivity contribution >= 4 is 5.84 Å². The van der Waals surface area contributed by atoms with Gasteiger partial charge >= 0.3 is 0 Å². The molecule has 6 aromatic rings. The Morgan fingerprint density at radius 3 is 1.48 bits per heavy atom. The molecular weight excluding hydrogens is 558 g/mol. The molecule has 0 bridgehead atoms. The number of rotatable bonds is 3. The van der Waals surface area contributed by atoms with Crippen molar-refractivity contribution < 1.29 is 0 Å². The van der Waals surface area contributed by atoms with Crippen LogP contribution < -0.4 is 11.6 Å². The molecule has 46 heavy (non-hydrogen) atoms. The molecule has 2 aliphatic rings. The Morgan fingerprint density at radius 1 is 0.587 bits per heavy atom. The van der Waals surface area contributed by atoms with Crippen LogP contribution in [0.15, 0.2) is 169 Å². The molecule has 0 heterocycles. The summed E-state index contributed by atoms with van der Waals surface area (Å²) in [5, 5.41) is 3.35. The van der Waals surface area contributed by atoms with Crippen LogP contribution >= 0.6 is 0 Å². The molecule has 4 N–H and O–H groups in total. The summed E-state index contributed by atoms with van der Waals surface area (Å²) in [6.45, 7) is 7.57. The maximum Gasteiger partial charge on any atom is 0.150 e. The number of nitrogens with two attached hydrogens (primary N) is 2. The standard InChI is InChI=1S/C33H24.C7H9N3.C3H6/c1-22(23-11-3-2-4-12-23)24-19-20-28-27-15-7-10-18-31(27)33(32(28)21-24)29-16-8-5-13-25(29)26-14-6-9-17-30(26)33;8-7(10-9)6-4-2-1-3-5-6;1-3-2/h2-22H,1H3;1-5H,9H2,(H2,8,10);3H,1H2,2H3. The van der Waals surface area contributed by atoms with E-state index in [0.717, 1.165) is 5.56 Å². The summed E-state index contributed by atoms with van der Waals surface area (Å²) in [6.07, 6.45) is 1.75. The van der Waals surface area contributed by atoms with Gasteiger partial charge in [-0.15, -0.1) is 6.58 Å². The highest BCUT2D eigenvalue weighted by Gasteiger charge is 2.51. The normalized spacial score (nSPS) is 13.5. The van der Waals surface area contributed by atoms with Gasteiger partial charge in [0.25, 0.3) is 0 Å². The van der Waals surface area contributed by atoms with Gasteiger partial charge in [-0.05, 0) is 62.6 Å². The molecule has 1 unspecified atom stereocenters. The highest BCUT2D eigenvalue weighted by molar-refractivity contribution is 5.97. The molecule has 0 radical (unpaired) electrons. The molecule has 8 rings (SSSR count). The molecule has 0 fully saturated rings. The van der Waals surface area contributed by atoms with Crippen LogP contribution in [-0.4, -0.2) is 5.84 Å². The van der Waals surface area contributed by atoms with Gasteiger partial charge in [0.1, 0.15) is 5.84 Å². The number of hydrogen-bond acceptors (Lipinski definition) is 2. The maximum absolute atomic E-state index is 5.42. The Hall–Kier alpha value is -5.67. The number of nitrogens with zero attached hydrogens (tertiary/aromatic N) is 1. The van der Waals surface area contributed by atoms with E-state index < -0.39 is 0 Å². The van der Waals surface area contributed by atoms with Crippen LogP contribution in [0.1, 0.15) is 58.7 Å². The molecule has 1 spiro atoms. The smallest absolute Gasteiger partial charge is 0.150 e. The van der Waals surface area contributed by atoms with Crippen molar-refractivity contribution in [3.63, 3.8) is 0 Å². The lowest BCUT2D eigenvalue weighted by atomic mass is 9.70. The molecule has 0 saturated heterocycles. The van der Waals surface area contributed by atoms with Gasteiger partial charge in [-0.2, -0.15) is 5.10 Å². The van der Waals surface area contributed by atoms with Crippen molar-refractivity contribution in [2.24, 2.45) is 16.7 Å². The molecule has 2 aliphatic carbocycles. The van der Waals surface area contributed by atoms with Gasteiger partial charge in [-0.3, -0.25) is 0 Å². The van der Waals surface area contributed by atoms with Crippen LogP contribution in [0.25, 0.3) is 22.3 Å². The van der Waals surface area contributed by atoms with E-state index in [2.05, 4.69) is 140 Å². The molecule has 0 amide bonds. The lowest BCUT2D eigenvalue weighted by molar-refractivity contribution is 0.788. The van der Waals surface area contributed by atoms with E-state index >= 15 is 0 Å². The molecule has 1 atom stereocenters. The summed E-state index contributed by atoms with van der Waals surface area (Å²) in [7, 11) is 0. The zero-order chi connectivity index (χ0) is 32.1. The van der Waals surface area contributed by atoms with E-state index in [-0.39, 0.29) is 5.41 Å². The molecule has 0 aromatic heterocycles. The van der Waals surface area contributed by atoms with Crippen LogP contribution in [0.3, 0.4) is 0 Å². The first-order valence-corrected chi connectivity index (χ1v) is 15.7. The summed E-state index contributed by atoms with van der Waals surface area (Å²) in [5.41, 5.74) is 19.8. The minimum absolute atomic E-state index is 0.258. The Labute approximate surface area is 272 Å². The van der Waals surface area contributed by atoms with Crippen molar-refractivity contribution in [1.29, 1.82) is 0 Å². The highest BCUT2D eigenvalue weighted by Crippen LogP contribution is 2.62.